The Kier molecular flexibility index (Phi) is 8.35. The highest BCUT2D eigenvalue weighted by molar-refractivity contribution is 7.12. The molecule has 1 heterocycles. The molecular formula is C21H28N2O2S. The molecule has 4 nitrogen and oxygen atoms in total. The van der Waals surface area contributed by atoms with Gasteiger partial charge in [-0.3, -0.25) is 9.59 Å². The molecule has 140 valence electrons. The number of benzene rings is 1. The second-order valence-electron chi connectivity index (χ2n) is 6.60. The molecule has 0 saturated heterocycles. The molecule has 1 aromatic carbocycles. The summed E-state index contributed by atoms with van der Waals surface area (Å²) in [4.78, 5) is 25.8. The van der Waals surface area contributed by atoms with E-state index in [9.17, 15) is 9.59 Å². The topological polar surface area (TPSA) is 58.2 Å². The van der Waals surface area contributed by atoms with Gasteiger partial charge >= 0.3 is 0 Å². The van der Waals surface area contributed by atoms with Crippen LogP contribution in [0, 0.1) is 0 Å². The van der Waals surface area contributed by atoms with Crippen molar-refractivity contribution >= 4 is 23.2 Å². The largest absolute Gasteiger partial charge is 0.352 e. The average molecular weight is 373 g/mol. The first-order valence-corrected chi connectivity index (χ1v) is 10.2. The van der Waals surface area contributed by atoms with Gasteiger partial charge < -0.3 is 10.6 Å². The fraction of sp³-hybridized carbons (Fsp3) is 0.429. The summed E-state index contributed by atoms with van der Waals surface area (Å²) in [5.41, 5.74) is 1.03. The molecule has 2 unspecified atom stereocenters. The Morgan fingerprint density at radius 1 is 1.04 bits per heavy atom. The number of hydrogen-bond acceptors (Lipinski definition) is 3. The maximum atomic E-state index is 12.8. The molecule has 2 amide bonds. The van der Waals surface area contributed by atoms with Crippen molar-refractivity contribution in [3.63, 3.8) is 0 Å². The van der Waals surface area contributed by atoms with Crippen molar-refractivity contribution in [3.8, 4) is 0 Å². The van der Waals surface area contributed by atoms with E-state index in [1.807, 2.05) is 48.7 Å². The van der Waals surface area contributed by atoms with Crippen molar-refractivity contribution < 1.29 is 9.59 Å². The van der Waals surface area contributed by atoms with Crippen LogP contribution in [0.25, 0.3) is 0 Å². The summed E-state index contributed by atoms with van der Waals surface area (Å²) >= 11 is 1.37. The number of carbonyl (C=O) groups is 2. The van der Waals surface area contributed by atoms with Crippen molar-refractivity contribution in [1.29, 1.82) is 0 Å². The molecule has 2 rings (SSSR count). The van der Waals surface area contributed by atoms with Crippen molar-refractivity contribution in [3.05, 3.63) is 58.3 Å². The van der Waals surface area contributed by atoms with Crippen molar-refractivity contribution in [2.45, 2.75) is 58.0 Å². The summed E-state index contributed by atoms with van der Waals surface area (Å²) in [5, 5.41) is 7.82. The molecule has 0 fully saturated rings. The van der Waals surface area contributed by atoms with Crippen molar-refractivity contribution in [2.24, 2.45) is 0 Å². The highest BCUT2D eigenvalue weighted by atomic mass is 32.1. The van der Waals surface area contributed by atoms with E-state index >= 15 is 0 Å². The predicted molar refractivity (Wildman–Crippen MR) is 107 cm³/mol. The Hall–Kier alpha value is -2.14. The summed E-state index contributed by atoms with van der Waals surface area (Å²) in [6.07, 6.45) is 4.86. The molecule has 2 aromatic rings. The number of thiophene rings is 1. The van der Waals surface area contributed by atoms with Crippen LogP contribution >= 0.6 is 11.3 Å². The van der Waals surface area contributed by atoms with E-state index in [-0.39, 0.29) is 17.9 Å². The zero-order valence-corrected chi connectivity index (χ0v) is 16.4. The molecule has 5 heteroatoms. The molecule has 2 N–H and O–H groups in total. The monoisotopic (exact) mass is 372 g/mol. The molecule has 0 aliphatic rings. The Balaban J connectivity index is 2.01. The van der Waals surface area contributed by atoms with E-state index in [2.05, 4.69) is 17.6 Å². The normalized spacial score (nSPS) is 13.0. The van der Waals surface area contributed by atoms with Crippen LogP contribution in [0.4, 0.5) is 0 Å². The van der Waals surface area contributed by atoms with Crippen LogP contribution < -0.4 is 10.6 Å². The van der Waals surface area contributed by atoms with Crippen LogP contribution in [0.2, 0.25) is 0 Å². The molecule has 0 spiro atoms. The van der Waals surface area contributed by atoms with E-state index in [1.54, 1.807) is 6.07 Å². The quantitative estimate of drug-likeness (QED) is 0.615. The summed E-state index contributed by atoms with van der Waals surface area (Å²) in [7, 11) is 0. The van der Waals surface area contributed by atoms with Gasteiger partial charge in [0, 0.05) is 12.5 Å². The lowest BCUT2D eigenvalue weighted by Crippen LogP contribution is -2.50. The number of carbonyl (C=O) groups excluding carboxylic acids is 2. The van der Waals surface area contributed by atoms with Crippen LogP contribution in [0.15, 0.2) is 47.8 Å². The second-order valence-corrected chi connectivity index (χ2v) is 7.55. The van der Waals surface area contributed by atoms with Gasteiger partial charge in [-0.25, -0.2) is 0 Å². The Bertz CT molecular complexity index is 671. The van der Waals surface area contributed by atoms with Gasteiger partial charge in [0.2, 0.25) is 5.91 Å². The van der Waals surface area contributed by atoms with Gasteiger partial charge in [-0.05, 0) is 30.4 Å². The lowest BCUT2D eigenvalue weighted by atomic mass is 10.0. The van der Waals surface area contributed by atoms with Gasteiger partial charge in [0.1, 0.15) is 6.04 Å². The Morgan fingerprint density at radius 2 is 1.81 bits per heavy atom. The number of rotatable bonds is 10. The fourth-order valence-corrected chi connectivity index (χ4v) is 3.44. The third-order valence-corrected chi connectivity index (χ3v) is 5.15. The van der Waals surface area contributed by atoms with Crippen LogP contribution in [0.1, 0.15) is 54.8 Å². The van der Waals surface area contributed by atoms with Crippen molar-refractivity contribution in [2.75, 3.05) is 0 Å². The van der Waals surface area contributed by atoms with Gasteiger partial charge in [0.15, 0.2) is 0 Å². The first-order valence-electron chi connectivity index (χ1n) is 9.28. The number of unbranched alkanes of at least 4 members (excludes halogenated alkanes) is 2. The molecule has 0 bridgehead atoms. The summed E-state index contributed by atoms with van der Waals surface area (Å²) in [5.74, 6) is -0.322. The maximum Gasteiger partial charge on any atom is 0.262 e. The van der Waals surface area contributed by atoms with E-state index < -0.39 is 6.04 Å². The lowest BCUT2D eigenvalue weighted by Gasteiger charge is -2.21. The molecule has 0 aliphatic carbocycles. The lowest BCUT2D eigenvalue weighted by molar-refractivity contribution is -0.123. The van der Waals surface area contributed by atoms with Gasteiger partial charge in [-0.1, -0.05) is 62.6 Å². The second kappa shape index (κ2) is 10.8. The highest BCUT2D eigenvalue weighted by Crippen LogP contribution is 2.11. The molecule has 0 saturated carbocycles. The van der Waals surface area contributed by atoms with E-state index in [0.29, 0.717) is 11.3 Å². The SMILES string of the molecule is CCCCCC(C)NC(=O)C(Cc1ccccc1)NC(=O)c1cccs1. The number of amides is 2. The maximum absolute atomic E-state index is 12.8. The minimum Gasteiger partial charge on any atom is -0.352 e. The van der Waals surface area contributed by atoms with Gasteiger partial charge in [0.05, 0.1) is 4.88 Å². The minimum atomic E-state index is -0.583. The first kappa shape index (κ1) is 20.2. The Labute approximate surface area is 160 Å². The van der Waals surface area contributed by atoms with E-state index in [4.69, 9.17) is 0 Å². The summed E-state index contributed by atoms with van der Waals surface area (Å²) in [6, 6.07) is 12.9. The van der Waals surface area contributed by atoms with E-state index in [1.165, 1.54) is 17.8 Å². The van der Waals surface area contributed by atoms with Gasteiger partial charge in [0.25, 0.3) is 5.91 Å². The smallest absolute Gasteiger partial charge is 0.262 e. The third-order valence-electron chi connectivity index (χ3n) is 4.28. The molecule has 0 radical (unpaired) electrons. The van der Waals surface area contributed by atoms with Crippen LogP contribution in [0.3, 0.4) is 0 Å². The van der Waals surface area contributed by atoms with Crippen LogP contribution in [-0.2, 0) is 11.2 Å². The zero-order valence-electron chi connectivity index (χ0n) is 15.5. The standard InChI is InChI=1S/C21H28N2O2S/c1-3-4-6-10-16(2)22-20(24)18(15-17-11-7-5-8-12-17)23-21(25)19-13-9-14-26-19/h5,7-9,11-14,16,18H,3-4,6,10,15H2,1-2H3,(H,22,24)(H,23,25). The molecule has 0 aliphatic heterocycles. The first-order chi connectivity index (χ1) is 12.6. The average Bonchev–Trinajstić information content (AvgIpc) is 3.17. The number of hydrogen-bond donors (Lipinski definition) is 2. The molecular weight excluding hydrogens is 344 g/mol. The summed E-state index contributed by atoms with van der Waals surface area (Å²) < 4.78 is 0. The fourth-order valence-electron chi connectivity index (χ4n) is 2.81. The molecule has 1 aromatic heterocycles. The van der Waals surface area contributed by atoms with Crippen molar-refractivity contribution in [1.82, 2.24) is 10.6 Å². The predicted octanol–water partition coefficient (Wildman–Crippen LogP) is 4.17. The third kappa shape index (κ3) is 6.64. The summed E-state index contributed by atoms with van der Waals surface area (Å²) in [6.45, 7) is 4.19. The Morgan fingerprint density at radius 3 is 2.46 bits per heavy atom. The van der Waals surface area contributed by atoms with Crippen LogP contribution in [-0.4, -0.2) is 23.9 Å². The van der Waals surface area contributed by atoms with Gasteiger partial charge in [-0.2, -0.15) is 0 Å². The molecule has 2 atom stereocenters. The molecule has 26 heavy (non-hydrogen) atoms. The van der Waals surface area contributed by atoms with Gasteiger partial charge in [-0.15, -0.1) is 11.3 Å². The van der Waals surface area contributed by atoms with E-state index in [0.717, 1.165) is 24.8 Å². The van der Waals surface area contributed by atoms with Crippen LogP contribution in [0.5, 0.6) is 0 Å². The number of nitrogens with one attached hydrogen (secondary N) is 2. The highest BCUT2D eigenvalue weighted by Gasteiger charge is 2.23. The zero-order chi connectivity index (χ0) is 18.8. The minimum absolute atomic E-state index is 0.103.